The van der Waals surface area contributed by atoms with E-state index in [1.165, 1.54) is 11.8 Å². The smallest absolute Gasteiger partial charge is 0.408 e. The first-order valence-electron chi connectivity index (χ1n) is 7.73. The molecule has 1 heterocycles. The maximum Gasteiger partial charge on any atom is 0.408 e. The van der Waals surface area contributed by atoms with Crippen molar-refractivity contribution in [1.82, 2.24) is 5.32 Å². The number of anilines is 1. The highest BCUT2D eigenvalue weighted by Crippen LogP contribution is 2.32. The molecule has 0 bridgehead atoms. The maximum absolute atomic E-state index is 12.7. The highest BCUT2D eigenvalue weighted by Gasteiger charge is 2.40. The van der Waals surface area contributed by atoms with Gasteiger partial charge in [-0.1, -0.05) is 18.2 Å². The summed E-state index contributed by atoms with van der Waals surface area (Å²) in [5.74, 6) is -1.57. The number of nitrogens with zero attached hydrogens (tertiary/aromatic N) is 1. The molecule has 0 fully saturated rings. The Balaban J connectivity index is 2.17. The number of nitrogens with one attached hydrogen (secondary N) is 1. The maximum atomic E-state index is 12.7. The molecule has 0 radical (unpaired) electrons. The van der Waals surface area contributed by atoms with Gasteiger partial charge in [0.1, 0.15) is 17.7 Å². The molecular weight excluding hydrogens is 312 g/mol. The van der Waals surface area contributed by atoms with Crippen molar-refractivity contribution in [2.24, 2.45) is 0 Å². The second-order valence-corrected chi connectivity index (χ2v) is 6.76. The minimum Gasteiger partial charge on any atom is -0.480 e. The van der Waals surface area contributed by atoms with Gasteiger partial charge in [-0.25, -0.2) is 9.59 Å². The van der Waals surface area contributed by atoms with E-state index in [0.29, 0.717) is 5.69 Å². The van der Waals surface area contributed by atoms with E-state index in [2.05, 4.69) is 5.32 Å². The summed E-state index contributed by atoms with van der Waals surface area (Å²) in [4.78, 5) is 37.3. The standard InChI is InChI=1S/C17H22N2O5/c1-10(18-16(23)24-17(2,3)4)14(20)19-12-8-6-5-7-11(12)9-13(19)15(21)22/h5-8,10,13H,9H2,1-4H3,(H,18,23)(H,21,22). The Kier molecular flexibility index (Phi) is 4.82. The Morgan fingerprint density at radius 1 is 1.29 bits per heavy atom. The third-order valence-electron chi connectivity index (χ3n) is 3.60. The lowest BCUT2D eigenvalue weighted by Gasteiger charge is -2.27. The number of hydrogen-bond donors (Lipinski definition) is 2. The first-order chi connectivity index (χ1) is 11.1. The Morgan fingerprint density at radius 2 is 1.92 bits per heavy atom. The number of amides is 2. The van der Waals surface area contributed by atoms with Crippen LogP contribution in [-0.2, 0) is 20.7 Å². The van der Waals surface area contributed by atoms with Crippen LogP contribution in [0.15, 0.2) is 24.3 Å². The fourth-order valence-electron chi connectivity index (χ4n) is 2.61. The van der Waals surface area contributed by atoms with Crippen molar-refractivity contribution in [3.63, 3.8) is 0 Å². The normalized spacial score (nSPS) is 17.8. The van der Waals surface area contributed by atoms with Gasteiger partial charge >= 0.3 is 12.1 Å². The van der Waals surface area contributed by atoms with Crippen molar-refractivity contribution in [1.29, 1.82) is 0 Å². The van der Waals surface area contributed by atoms with Crippen molar-refractivity contribution in [2.75, 3.05) is 4.90 Å². The van der Waals surface area contributed by atoms with Gasteiger partial charge in [0.2, 0.25) is 5.91 Å². The first kappa shape index (κ1) is 17.8. The molecular formula is C17H22N2O5. The zero-order valence-corrected chi connectivity index (χ0v) is 14.2. The Morgan fingerprint density at radius 3 is 2.50 bits per heavy atom. The lowest BCUT2D eigenvalue weighted by Crippen LogP contribution is -2.52. The monoisotopic (exact) mass is 334 g/mol. The van der Waals surface area contributed by atoms with Crippen LogP contribution in [0.4, 0.5) is 10.5 Å². The topological polar surface area (TPSA) is 95.9 Å². The van der Waals surface area contributed by atoms with Crippen LogP contribution >= 0.6 is 0 Å². The zero-order valence-electron chi connectivity index (χ0n) is 14.2. The van der Waals surface area contributed by atoms with Crippen molar-refractivity contribution in [3.05, 3.63) is 29.8 Å². The number of fused-ring (bicyclic) bond motifs is 1. The van der Waals surface area contributed by atoms with Gasteiger partial charge in [-0.15, -0.1) is 0 Å². The number of aliphatic carboxylic acids is 1. The van der Waals surface area contributed by atoms with Crippen LogP contribution in [0.1, 0.15) is 33.3 Å². The number of carboxylic acids is 1. The fourth-order valence-corrected chi connectivity index (χ4v) is 2.61. The van der Waals surface area contributed by atoms with E-state index < -0.39 is 35.7 Å². The number of para-hydroxylation sites is 1. The fraction of sp³-hybridized carbons (Fsp3) is 0.471. The number of ether oxygens (including phenoxy) is 1. The third kappa shape index (κ3) is 3.84. The van der Waals surface area contributed by atoms with Crippen molar-refractivity contribution >= 4 is 23.7 Å². The van der Waals surface area contributed by atoms with Gasteiger partial charge in [0.25, 0.3) is 0 Å². The predicted molar refractivity (Wildman–Crippen MR) is 87.9 cm³/mol. The van der Waals surface area contributed by atoms with E-state index in [0.717, 1.165) is 5.56 Å². The van der Waals surface area contributed by atoms with Gasteiger partial charge in [0.15, 0.2) is 0 Å². The zero-order chi connectivity index (χ0) is 18.1. The summed E-state index contributed by atoms with van der Waals surface area (Å²) < 4.78 is 5.13. The van der Waals surface area contributed by atoms with Crippen molar-refractivity contribution < 1.29 is 24.2 Å². The molecule has 0 saturated carbocycles. The molecule has 2 amide bonds. The van der Waals surface area contributed by atoms with Crippen LogP contribution in [0.2, 0.25) is 0 Å². The lowest BCUT2D eigenvalue weighted by molar-refractivity contribution is -0.140. The van der Waals surface area contributed by atoms with E-state index in [1.807, 2.05) is 0 Å². The number of carbonyl (C=O) groups is 3. The van der Waals surface area contributed by atoms with E-state index >= 15 is 0 Å². The number of rotatable bonds is 3. The van der Waals surface area contributed by atoms with Crippen molar-refractivity contribution in [2.45, 2.75) is 51.8 Å². The first-order valence-corrected chi connectivity index (χ1v) is 7.73. The molecule has 0 spiro atoms. The molecule has 7 heteroatoms. The largest absolute Gasteiger partial charge is 0.480 e. The Labute approximate surface area is 140 Å². The van der Waals surface area contributed by atoms with E-state index in [9.17, 15) is 19.5 Å². The third-order valence-corrected chi connectivity index (χ3v) is 3.60. The predicted octanol–water partition coefficient (Wildman–Crippen LogP) is 1.94. The van der Waals surface area contributed by atoms with Gasteiger partial charge < -0.3 is 15.2 Å². The SMILES string of the molecule is CC(NC(=O)OC(C)(C)C)C(=O)N1c2ccccc2CC1C(=O)O. The second-order valence-electron chi connectivity index (χ2n) is 6.76. The molecule has 130 valence electrons. The van der Waals surface area contributed by atoms with E-state index in [4.69, 9.17) is 4.74 Å². The number of alkyl carbamates (subject to hydrolysis) is 1. The van der Waals surface area contributed by atoms with E-state index in [1.54, 1.807) is 45.0 Å². The second kappa shape index (κ2) is 6.51. The van der Waals surface area contributed by atoms with Crippen LogP contribution in [0.5, 0.6) is 0 Å². The number of carboxylic acid groups (broad SMARTS) is 1. The van der Waals surface area contributed by atoms with Crippen LogP contribution in [0.25, 0.3) is 0 Å². The summed E-state index contributed by atoms with van der Waals surface area (Å²) >= 11 is 0. The average Bonchev–Trinajstić information content (AvgIpc) is 2.83. The van der Waals surface area contributed by atoms with Crippen LogP contribution in [0.3, 0.4) is 0 Å². The molecule has 2 rings (SSSR count). The van der Waals surface area contributed by atoms with Gasteiger partial charge in [0, 0.05) is 12.1 Å². The number of carbonyl (C=O) groups excluding carboxylic acids is 2. The van der Waals surface area contributed by atoms with Crippen molar-refractivity contribution in [3.8, 4) is 0 Å². The summed E-state index contributed by atoms with van der Waals surface area (Å²) in [6, 6.07) is 5.16. The molecule has 2 atom stereocenters. The van der Waals surface area contributed by atoms with E-state index in [-0.39, 0.29) is 6.42 Å². The molecule has 1 aliphatic heterocycles. The van der Waals surface area contributed by atoms with Gasteiger partial charge in [-0.2, -0.15) is 0 Å². The number of hydrogen-bond acceptors (Lipinski definition) is 4. The highest BCUT2D eigenvalue weighted by atomic mass is 16.6. The summed E-state index contributed by atoms with van der Waals surface area (Å²) in [5.41, 5.74) is 0.673. The average molecular weight is 334 g/mol. The summed E-state index contributed by atoms with van der Waals surface area (Å²) in [7, 11) is 0. The molecule has 0 aromatic heterocycles. The summed E-state index contributed by atoms with van der Waals surface area (Å²) in [6.07, 6.45) is -0.473. The molecule has 1 aliphatic rings. The van der Waals surface area contributed by atoms with Gasteiger partial charge in [-0.3, -0.25) is 9.69 Å². The molecule has 2 unspecified atom stereocenters. The Hall–Kier alpha value is -2.57. The van der Waals surface area contributed by atoms with Crippen LogP contribution < -0.4 is 10.2 Å². The molecule has 1 aromatic carbocycles. The highest BCUT2D eigenvalue weighted by molar-refractivity contribution is 6.05. The van der Waals surface area contributed by atoms with Crippen LogP contribution in [-0.4, -0.2) is 40.8 Å². The van der Waals surface area contributed by atoms with Gasteiger partial charge in [0.05, 0.1) is 0 Å². The summed E-state index contributed by atoms with van der Waals surface area (Å²) in [6.45, 7) is 6.66. The summed E-state index contributed by atoms with van der Waals surface area (Å²) in [5, 5.41) is 11.9. The molecule has 24 heavy (non-hydrogen) atoms. The Bertz CT molecular complexity index is 665. The molecule has 1 aromatic rings. The minimum atomic E-state index is -1.08. The lowest BCUT2D eigenvalue weighted by atomic mass is 10.1. The minimum absolute atomic E-state index is 0.246. The molecule has 2 N–H and O–H groups in total. The van der Waals surface area contributed by atoms with Crippen LogP contribution in [0, 0.1) is 0 Å². The van der Waals surface area contributed by atoms with Gasteiger partial charge in [-0.05, 0) is 39.3 Å². The number of benzene rings is 1. The molecule has 0 aliphatic carbocycles. The molecule has 7 nitrogen and oxygen atoms in total. The molecule has 0 saturated heterocycles. The quantitative estimate of drug-likeness (QED) is 0.881.